The van der Waals surface area contributed by atoms with Gasteiger partial charge in [0, 0.05) is 16.7 Å². The number of carbonyl (C=O) groups is 2. The van der Waals surface area contributed by atoms with Crippen LogP contribution in [-0.2, 0) is 10.2 Å². The Morgan fingerprint density at radius 3 is 2.45 bits per heavy atom. The van der Waals surface area contributed by atoms with Crippen molar-refractivity contribution in [2.24, 2.45) is 5.73 Å². The third kappa shape index (κ3) is 4.32. The second kappa shape index (κ2) is 9.26. The van der Waals surface area contributed by atoms with Crippen LogP contribution in [0.25, 0.3) is 0 Å². The van der Waals surface area contributed by atoms with Crippen molar-refractivity contribution in [2.75, 3.05) is 5.32 Å². The first-order valence-corrected chi connectivity index (χ1v) is 11.7. The van der Waals surface area contributed by atoms with Gasteiger partial charge in [-0.1, -0.05) is 59.7 Å². The SMILES string of the molecule is CC(C)=CCC/C(C)=C/C[C@]12C[C@@H](C(N)=O)N(C(=O)c3ccccc3)[C@H]1Nc1ccccc12. The minimum Gasteiger partial charge on any atom is -0.368 e. The predicted octanol–water partition coefficient (Wildman–Crippen LogP) is 5.16. The number of carbonyl (C=O) groups excluding carboxylic acids is 2. The Kier molecular flexibility index (Phi) is 6.41. The van der Waals surface area contributed by atoms with Gasteiger partial charge in [0.25, 0.3) is 5.91 Å². The van der Waals surface area contributed by atoms with Crippen LogP contribution in [0.4, 0.5) is 5.69 Å². The lowest BCUT2D eigenvalue weighted by atomic mass is 9.75. The highest BCUT2D eigenvalue weighted by molar-refractivity contribution is 5.99. The van der Waals surface area contributed by atoms with Crippen LogP contribution in [0.3, 0.4) is 0 Å². The summed E-state index contributed by atoms with van der Waals surface area (Å²) in [6, 6.07) is 16.6. The van der Waals surface area contributed by atoms with E-state index in [1.54, 1.807) is 17.0 Å². The van der Waals surface area contributed by atoms with Crippen molar-refractivity contribution in [3.05, 3.63) is 89.0 Å². The van der Waals surface area contributed by atoms with Gasteiger partial charge in [-0.2, -0.15) is 0 Å². The first-order valence-electron chi connectivity index (χ1n) is 11.7. The summed E-state index contributed by atoms with van der Waals surface area (Å²) >= 11 is 0. The van der Waals surface area contributed by atoms with E-state index in [4.69, 9.17) is 5.73 Å². The number of hydrogen-bond acceptors (Lipinski definition) is 3. The summed E-state index contributed by atoms with van der Waals surface area (Å²) in [5, 5.41) is 3.56. The predicted molar refractivity (Wildman–Crippen MR) is 133 cm³/mol. The summed E-state index contributed by atoms with van der Waals surface area (Å²) in [6.45, 7) is 6.39. The summed E-state index contributed by atoms with van der Waals surface area (Å²) in [6.07, 6.45) is 7.46. The highest BCUT2D eigenvalue weighted by Gasteiger charge is 2.59. The number of nitrogens with zero attached hydrogens (tertiary/aromatic N) is 1. The molecular weight excluding hydrogens is 410 g/mol. The molecule has 4 rings (SSSR count). The second-order valence-corrected chi connectivity index (χ2v) is 9.52. The number of rotatable bonds is 7. The van der Waals surface area contributed by atoms with E-state index < -0.39 is 17.4 Å². The summed E-state index contributed by atoms with van der Waals surface area (Å²) in [5.41, 5.74) is 10.8. The number of likely N-dealkylation sites (tertiary alicyclic amines) is 1. The van der Waals surface area contributed by atoms with Crippen molar-refractivity contribution >= 4 is 17.5 Å². The maximum Gasteiger partial charge on any atom is 0.256 e. The van der Waals surface area contributed by atoms with Gasteiger partial charge in [0.05, 0.1) is 0 Å². The number of anilines is 1. The Bertz CT molecular complexity index is 1100. The number of benzene rings is 2. The molecule has 5 heteroatoms. The third-order valence-corrected chi connectivity index (χ3v) is 6.94. The molecule has 1 fully saturated rings. The summed E-state index contributed by atoms with van der Waals surface area (Å²) in [5.74, 6) is -0.632. The number of amides is 2. The molecule has 0 radical (unpaired) electrons. The molecule has 33 heavy (non-hydrogen) atoms. The zero-order chi connectivity index (χ0) is 23.6. The lowest BCUT2D eigenvalue weighted by Crippen LogP contribution is -2.51. The quantitative estimate of drug-likeness (QED) is 0.581. The zero-order valence-electron chi connectivity index (χ0n) is 19.7. The van der Waals surface area contributed by atoms with E-state index in [1.807, 2.05) is 36.4 Å². The molecule has 2 aliphatic heterocycles. The average Bonchev–Trinajstić information content (AvgIpc) is 3.29. The van der Waals surface area contributed by atoms with Gasteiger partial charge in [-0.05, 0) is 70.2 Å². The largest absolute Gasteiger partial charge is 0.368 e. The van der Waals surface area contributed by atoms with Crippen LogP contribution >= 0.6 is 0 Å². The molecule has 0 aromatic heterocycles. The molecule has 1 saturated heterocycles. The van der Waals surface area contributed by atoms with E-state index in [-0.39, 0.29) is 12.1 Å². The van der Waals surface area contributed by atoms with Crippen molar-refractivity contribution in [1.82, 2.24) is 4.90 Å². The van der Waals surface area contributed by atoms with Crippen LogP contribution in [-0.4, -0.2) is 28.9 Å². The molecule has 2 heterocycles. The highest BCUT2D eigenvalue weighted by Crippen LogP contribution is 2.53. The van der Waals surface area contributed by atoms with Gasteiger partial charge in [-0.3, -0.25) is 9.59 Å². The van der Waals surface area contributed by atoms with E-state index in [0.29, 0.717) is 12.0 Å². The normalized spacial score (nSPS) is 23.5. The fraction of sp³-hybridized carbons (Fsp3) is 0.357. The smallest absolute Gasteiger partial charge is 0.256 e. The molecule has 3 atom stereocenters. The van der Waals surface area contributed by atoms with Crippen LogP contribution in [0.1, 0.15) is 62.4 Å². The van der Waals surface area contributed by atoms with Gasteiger partial charge >= 0.3 is 0 Å². The van der Waals surface area contributed by atoms with Crippen LogP contribution in [0.5, 0.6) is 0 Å². The molecule has 2 aromatic rings. The van der Waals surface area contributed by atoms with Crippen molar-refractivity contribution in [1.29, 1.82) is 0 Å². The van der Waals surface area contributed by atoms with E-state index >= 15 is 0 Å². The summed E-state index contributed by atoms with van der Waals surface area (Å²) in [4.78, 5) is 27.8. The van der Waals surface area contributed by atoms with Crippen molar-refractivity contribution < 1.29 is 9.59 Å². The number of nitrogens with one attached hydrogen (secondary N) is 1. The van der Waals surface area contributed by atoms with Gasteiger partial charge in [0.1, 0.15) is 12.2 Å². The average molecular weight is 444 g/mol. The van der Waals surface area contributed by atoms with Gasteiger partial charge in [0.15, 0.2) is 0 Å². The third-order valence-electron chi connectivity index (χ3n) is 6.94. The van der Waals surface area contributed by atoms with Gasteiger partial charge in [-0.15, -0.1) is 0 Å². The Morgan fingerprint density at radius 1 is 1.06 bits per heavy atom. The van der Waals surface area contributed by atoms with Crippen molar-refractivity contribution in [2.45, 2.75) is 64.1 Å². The maximum atomic E-state index is 13.6. The van der Waals surface area contributed by atoms with Gasteiger partial charge in [-0.25, -0.2) is 0 Å². The van der Waals surface area contributed by atoms with Crippen LogP contribution in [0.15, 0.2) is 77.9 Å². The standard InChI is InChI=1S/C28H33N3O2/c1-19(2)10-9-11-20(3)16-17-28-18-24(25(29)32)31(26(33)21-12-5-4-6-13-21)27(28)30-23-15-8-7-14-22(23)28/h4-8,10,12-16,24,27,30H,9,11,17-18H2,1-3H3,(H2,29,32)/b20-16+/t24-,27+,28+/m0/s1. The van der Waals surface area contributed by atoms with E-state index in [1.165, 1.54) is 11.1 Å². The monoisotopic (exact) mass is 443 g/mol. The van der Waals surface area contributed by atoms with Crippen LogP contribution in [0.2, 0.25) is 0 Å². The fourth-order valence-electron chi connectivity index (χ4n) is 5.23. The molecule has 2 aliphatic rings. The number of fused-ring (bicyclic) bond motifs is 3. The van der Waals surface area contributed by atoms with E-state index in [2.05, 4.69) is 44.3 Å². The minimum absolute atomic E-state index is 0.171. The number of nitrogens with two attached hydrogens (primary N) is 1. The highest BCUT2D eigenvalue weighted by atomic mass is 16.2. The van der Waals surface area contributed by atoms with Crippen molar-refractivity contribution in [3.8, 4) is 0 Å². The van der Waals surface area contributed by atoms with E-state index in [0.717, 1.165) is 30.5 Å². The lowest BCUT2D eigenvalue weighted by Gasteiger charge is -2.33. The minimum atomic E-state index is -0.664. The van der Waals surface area contributed by atoms with E-state index in [9.17, 15) is 9.59 Å². The lowest BCUT2D eigenvalue weighted by molar-refractivity contribution is -0.121. The molecule has 0 aliphatic carbocycles. The van der Waals surface area contributed by atoms with Crippen molar-refractivity contribution in [3.63, 3.8) is 0 Å². The molecule has 2 aromatic carbocycles. The topological polar surface area (TPSA) is 75.4 Å². The number of hydrogen-bond donors (Lipinski definition) is 2. The van der Waals surface area contributed by atoms with Gasteiger partial charge in [0.2, 0.25) is 5.91 Å². The molecular formula is C28H33N3O2. The molecule has 0 unspecified atom stereocenters. The molecule has 3 N–H and O–H groups in total. The number of para-hydroxylation sites is 1. The number of primary amides is 1. The zero-order valence-corrected chi connectivity index (χ0v) is 19.7. The first kappa shape index (κ1) is 22.8. The fourth-order valence-corrected chi connectivity index (χ4v) is 5.23. The maximum absolute atomic E-state index is 13.6. The first-order chi connectivity index (χ1) is 15.8. The summed E-state index contributed by atoms with van der Waals surface area (Å²) < 4.78 is 0. The second-order valence-electron chi connectivity index (χ2n) is 9.52. The molecule has 2 amide bonds. The van der Waals surface area contributed by atoms with Crippen LogP contribution < -0.4 is 11.1 Å². The Balaban J connectivity index is 1.71. The molecule has 5 nitrogen and oxygen atoms in total. The van der Waals surface area contributed by atoms with Crippen LogP contribution in [0, 0.1) is 0 Å². The molecule has 172 valence electrons. The molecule has 0 bridgehead atoms. The molecule has 0 spiro atoms. The Hall–Kier alpha value is -3.34. The Labute approximate surface area is 196 Å². The van der Waals surface area contributed by atoms with Gasteiger partial charge < -0.3 is 16.0 Å². The Morgan fingerprint density at radius 2 is 1.76 bits per heavy atom. The number of allylic oxidation sites excluding steroid dienone is 4. The summed E-state index contributed by atoms with van der Waals surface area (Å²) in [7, 11) is 0. The molecule has 0 saturated carbocycles.